The maximum absolute atomic E-state index is 6.52. The zero-order valence-electron chi connectivity index (χ0n) is 21.4. The van der Waals surface area contributed by atoms with Crippen molar-refractivity contribution in [2.24, 2.45) is 0 Å². The molecule has 36 heavy (non-hydrogen) atoms. The molecular weight excluding hydrogens is 534 g/mol. The molecule has 0 aliphatic rings. The molecule has 0 radical (unpaired) electrons. The fraction of sp³-hybridized carbons (Fsp3) is 0.267. The van der Waals surface area contributed by atoms with Crippen LogP contribution < -0.4 is 4.74 Å². The molecule has 0 N–H and O–H groups in total. The molecule has 0 saturated heterocycles. The molecule has 6 heteroatoms. The van der Waals surface area contributed by atoms with Gasteiger partial charge in [0.2, 0.25) is 0 Å². The van der Waals surface area contributed by atoms with Crippen molar-refractivity contribution in [1.82, 2.24) is 14.5 Å². The van der Waals surface area contributed by atoms with Crippen molar-refractivity contribution in [3.63, 3.8) is 0 Å². The predicted molar refractivity (Wildman–Crippen MR) is 153 cm³/mol. The molecule has 0 spiro atoms. The topological polar surface area (TPSA) is 39.9 Å². The summed E-state index contributed by atoms with van der Waals surface area (Å²) in [6, 6.07) is 22.5. The number of ether oxygens (including phenoxy) is 1. The molecule has 0 amide bonds. The van der Waals surface area contributed by atoms with E-state index in [-0.39, 0.29) is 10.8 Å². The SMILES string of the molecule is CC(C)(C)c1cc(Cl)nc(-n2c3ccccc3c3ccc(Oc4cc(Br)nc(C(C)(C)C)c4)cc32)c1. The Labute approximate surface area is 225 Å². The molecule has 2 aromatic carbocycles. The molecule has 0 atom stereocenters. The van der Waals surface area contributed by atoms with E-state index in [4.69, 9.17) is 21.3 Å². The van der Waals surface area contributed by atoms with E-state index < -0.39 is 0 Å². The van der Waals surface area contributed by atoms with Gasteiger partial charge in [0.1, 0.15) is 27.1 Å². The van der Waals surface area contributed by atoms with Crippen LogP contribution in [0, 0.1) is 0 Å². The zero-order chi connectivity index (χ0) is 25.8. The average molecular weight is 563 g/mol. The Kier molecular flexibility index (Phi) is 6.12. The molecule has 0 fully saturated rings. The number of benzene rings is 2. The minimum atomic E-state index is -0.0960. The average Bonchev–Trinajstić information content (AvgIpc) is 3.11. The Balaban J connectivity index is 1.70. The lowest BCUT2D eigenvalue weighted by molar-refractivity contribution is 0.475. The summed E-state index contributed by atoms with van der Waals surface area (Å²) in [6.07, 6.45) is 0. The van der Waals surface area contributed by atoms with Crippen LogP contribution in [0.1, 0.15) is 52.8 Å². The van der Waals surface area contributed by atoms with Crippen LogP contribution in [0.25, 0.3) is 27.6 Å². The molecule has 0 aliphatic heterocycles. The van der Waals surface area contributed by atoms with Gasteiger partial charge < -0.3 is 4.74 Å². The van der Waals surface area contributed by atoms with E-state index >= 15 is 0 Å². The van der Waals surface area contributed by atoms with Crippen LogP contribution in [0.2, 0.25) is 5.15 Å². The normalized spacial score (nSPS) is 12.4. The highest BCUT2D eigenvalue weighted by Gasteiger charge is 2.20. The highest BCUT2D eigenvalue weighted by Crippen LogP contribution is 2.37. The van der Waals surface area contributed by atoms with Gasteiger partial charge in [-0.15, -0.1) is 0 Å². The Morgan fingerprint density at radius 1 is 0.750 bits per heavy atom. The number of nitrogens with zero attached hydrogens (tertiary/aromatic N) is 3. The van der Waals surface area contributed by atoms with E-state index in [9.17, 15) is 0 Å². The lowest BCUT2D eigenvalue weighted by Crippen LogP contribution is -2.13. The molecule has 0 saturated carbocycles. The fourth-order valence-electron chi connectivity index (χ4n) is 4.34. The Hall–Kier alpha value is -2.89. The zero-order valence-corrected chi connectivity index (χ0v) is 23.7. The first-order valence-corrected chi connectivity index (χ1v) is 13.1. The van der Waals surface area contributed by atoms with Gasteiger partial charge in [0, 0.05) is 34.4 Å². The van der Waals surface area contributed by atoms with Crippen molar-refractivity contribution in [2.45, 2.75) is 52.4 Å². The number of halogens is 2. The number of pyridine rings is 2. The summed E-state index contributed by atoms with van der Waals surface area (Å²) in [6.45, 7) is 13.0. The standard InChI is InChI=1S/C30H29BrClN3O/c1-29(2,3)18-13-27(32)34-28(14-18)35-23-10-8-7-9-21(23)22-12-11-19(15-24(22)35)36-20-16-25(30(4,5)6)33-26(31)17-20/h7-17H,1-6H3. The Bertz CT molecular complexity index is 1610. The van der Waals surface area contributed by atoms with Crippen molar-refractivity contribution >= 4 is 49.3 Å². The molecule has 0 unspecified atom stereocenters. The minimum Gasteiger partial charge on any atom is -0.457 e. The molecule has 0 aliphatic carbocycles. The summed E-state index contributed by atoms with van der Waals surface area (Å²) >= 11 is 10.1. The van der Waals surface area contributed by atoms with Gasteiger partial charge in [-0.1, -0.05) is 71.3 Å². The summed E-state index contributed by atoms with van der Waals surface area (Å²) in [4.78, 5) is 9.35. The first kappa shape index (κ1) is 24.8. The summed E-state index contributed by atoms with van der Waals surface area (Å²) in [5.74, 6) is 2.26. The number of hydrogen-bond donors (Lipinski definition) is 0. The molecule has 3 aromatic heterocycles. The second-order valence-corrected chi connectivity index (χ2v) is 12.4. The van der Waals surface area contributed by atoms with Crippen LogP contribution in [0.5, 0.6) is 11.5 Å². The van der Waals surface area contributed by atoms with E-state index in [1.807, 2.05) is 30.3 Å². The first-order chi connectivity index (χ1) is 16.9. The van der Waals surface area contributed by atoms with Crippen LogP contribution in [0.3, 0.4) is 0 Å². The highest BCUT2D eigenvalue weighted by molar-refractivity contribution is 9.10. The quantitative estimate of drug-likeness (QED) is 0.206. The fourth-order valence-corrected chi connectivity index (χ4v) is 4.96. The van der Waals surface area contributed by atoms with E-state index in [1.54, 1.807) is 0 Å². The monoisotopic (exact) mass is 561 g/mol. The van der Waals surface area contributed by atoms with E-state index in [2.05, 4.69) is 103 Å². The van der Waals surface area contributed by atoms with Crippen molar-refractivity contribution in [1.29, 1.82) is 0 Å². The van der Waals surface area contributed by atoms with Crippen molar-refractivity contribution < 1.29 is 4.74 Å². The molecule has 4 nitrogen and oxygen atoms in total. The summed E-state index contributed by atoms with van der Waals surface area (Å²) < 4.78 is 9.28. The van der Waals surface area contributed by atoms with Gasteiger partial charge in [0.25, 0.3) is 0 Å². The third kappa shape index (κ3) is 4.74. The molecule has 184 valence electrons. The van der Waals surface area contributed by atoms with Crippen molar-refractivity contribution in [3.8, 4) is 17.3 Å². The first-order valence-electron chi connectivity index (χ1n) is 12.0. The van der Waals surface area contributed by atoms with Crippen LogP contribution in [-0.2, 0) is 10.8 Å². The van der Waals surface area contributed by atoms with Crippen molar-refractivity contribution in [3.05, 3.63) is 87.7 Å². The largest absolute Gasteiger partial charge is 0.457 e. The van der Waals surface area contributed by atoms with Gasteiger partial charge in [-0.3, -0.25) is 4.57 Å². The smallest absolute Gasteiger partial charge is 0.139 e. The van der Waals surface area contributed by atoms with Gasteiger partial charge in [0.15, 0.2) is 0 Å². The van der Waals surface area contributed by atoms with Crippen LogP contribution in [0.15, 0.2) is 71.3 Å². The predicted octanol–water partition coefficient (Wildman–Crippen LogP) is 9.38. The third-order valence-corrected chi connectivity index (χ3v) is 6.89. The van der Waals surface area contributed by atoms with Crippen LogP contribution in [0.4, 0.5) is 0 Å². The lowest BCUT2D eigenvalue weighted by Gasteiger charge is -2.20. The maximum atomic E-state index is 6.52. The Morgan fingerprint density at radius 2 is 1.47 bits per heavy atom. The van der Waals surface area contributed by atoms with Gasteiger partial charge in [-0.05, 0) is 57.2 Å². The molecule has 5 aromatic rings. The molecule has 3 heterocycles. The molecule has 5 rings (SSSR count). The minimum absolute atomic E-state index is 0.0617. The number of hydrogen-bond acceptors (Lipinski definition) is 3. The van der Waals surface area contributed by atoms with Crippen LogP contribution >= 0.6 is 27.5 Å². The third-order valence-electron chi connectivity index (χ3n) is 6.29. The van der Waals surface area contributed by atoms with Gasteiger partial charge in [0.05, 0.1) is 16.7 Å². The Morgan fingerprint density at radius 3 is 2.19 bits per heavy atom. The van der Waals surface area contributed by atoms with E-state index in [0.29, 0.717) is 5.15 Å². The number of aromatic nitrogens is 3. The van der Waals surface area contributed by atoms with Crippen LogP contribution in [-0.4, -0.2) is 14.5 Å². The molecule has 0 bridgehead atoms. The summed E-state index contributed by atoms with van der Waals surface area (Å²) in [5, 5.41) is 2.76. The van der Waals surface area contributed by atoms with Gasteiger partial charge in [-0.25, -0.2) is 9.97 Å². The summed E-state index contributed by atoms with van der Waals surface area (Å²) in [7, 11) is 0. The highest BCUT2D eigenvalue weighted by atomic mass is 79.9. The molecular formula is C30H29BrClN3O. The van der Waals surface area contributed by atoms with Crippen molar-refractivity contribution in [2.75, 3.05) is 0 Å². The second-order valence-electron chi connectivity index (χ2n) is 11.2. The van der Waals surface area contributed by atoms with Gasteiger partial charge in [-0.2, -0.15) is 0 Å². The van der Waals surface area contributed by atoms with Gasteiger partial charge >= 0.3 is 0 Å². The lowest BCUT2D eigenvalue weighted by atomic mass is 9.88. The summed E-state index contributed by atoms with van der Waals surface area (Å²) in [5.41, 5.74) is 4.01. The second kappa shape index (κ2) is 8.89. The maximum Gasteiger partial charge on any atom is 0.139 e. The van der Waals surface area contributed by atoms with E-state index in [0.717, 1.165) is 55.0 Å². The number of fused-ring (bicyclic) bond motifs is 3. The van der Waals surface area contributed by atoms with E-state index in [1.165, 1.54) is 0 Å². The number of para-hydroxylation sites is 1. The number of rotatable bonds is 3.